The average Bonchev–Trinajstić information content (AvgIpc) is 3.28. The first-order chi connectivity index (χ1) is 17.9. The van der Waals surface area contributed by atoms with Crippen LogP contribution < -0.4 is 4.72 Å². The molecule has 1 aliphatic rings. The van der Waals surface area contributed by atoms with Crippen LogP contribution in [-0.2, 0) is 25.7 Å². The third kappa shape index (κ3) is 5.85. The zero-order chi connectivity index (χ0) is 27.7. The van der Waals surface area contributed by atoms with Gasteiger partial charge in [-0.15, -0.1) is 11.6 Å². The van der Waals surface area contributed by atoms with Crippen LogP contribution in [0.25, 0.3) is 0 Å². The molecule has 2 amide bonds. The Labute approximate surface area is 222 Å². The molecular formula is C26H22ClF3N2O5S. The first-order valence-electron chi connectivity index (χ1n) is 11.3. The standard InChI is InChI=1S/C26H22ClF3N2O5S/c1-16-10-12-20(13-11-16)38(35,36)31-23(22(27)18-8-5-9-19(14-18)26(28,29)30)24(33)32-21(15-37-25(32)34)17-6-3-2-4-7-17/h2-14,21-23,31H,15H2,1H3/t21-,22+,23+/m1/s1. The highest BCUT2D eigenvalue weighted by atomic mass is 35.5. The lowest BCUT2D eigenvalue weighted by Crippen LogP contribution is -2.51. The topological polar surface area (TPSA) is 92.8 Å². The number of amides is 2. The second-order valence-corrected chi connectivity index (χ2v) is 10.8. The third-order valence-corrected chi connectivity index (χ3v) is 7.96. The highest BCUT2D eigenvalue weighted by Crippen LogP contribution is 2.36. The van der Waals surface area contributed by atoms with Crippen LogP contribution in [0.2, 0.25) is 0 Å². The van der Waals surface area contributed by atoms with E-state index in [4.69, 9.17) is 16.3 Å². The van der Waals surface area contributed by atoms with E-state index in [1.807, 2.05) is 0 Å². The van der Waals surface area contributed by atoms with Crippen LogP contribution in [0.1, 0.15) is 33.7 Å². The normalized spacial score (nSPS) is 17.7. The van der Waals surface area contributed by atoms with Gasteiger partial charge in [-0.1, -0.05) is 66.2 Å². The summed E-state index contributed by atoms with van der Waals surface area (Å²) in [6.45, 7) is 1.56. The monoisotopic (exact) mass is 566 g/mol. The molecule has 1 N–H and O–H groups in total. The summed E-state index contributed by atoms with van der Waals surface area (Å²) in [7, 11) is -4.40. The number of nitrogens with zero attached hydrogens (tertiary/aromatic N) is 1. The first kappa shape index (κ1) is 27.6. The van der Waals surface area contributed by atoms with Crippen molar-refractivity contribution in [3.63, 3.8) is 0 Å². The van der Waals surface area contributed by atoms with Gasteiger partial charge >= 0.3 is 12.3 Å². The molecule has 3 atom stereocenters. The number of benzene rings is 3. The Kier molecular flexibility index (Phi) is 7.82. The zero-order valence-electron chi connectivity index (χ0n) is 19.9. The van der Waals surface area contributed by atoms with Crippen molar-refractivity contribution in [2.75, 3.05) is 6.61 Å². The molecule has 1 heterocycles. The Bertz CT molecular complexity index is 1430. The minimum absolute atomic E-state index is 0.171. The maximum absolute atomic E-state index is 13.8. The molecule has 0 spiro atoms. The van der Waals surface area contributed by atoms with Crippen molar-refractivity contribution in [2.45, 2.75) is 35.5 Å². The van der Waals surface area contributed by atoms with E-state index in [1.165, 1.54) is 18.2 Å². The minimum atomic E-state index is -4.70. The second-order valence-electron chi connectivity index (χ2n) is 8.65. The molecule has 200 valence electrons. The number of aryl methyl sites for hydroxylation is 1. The van der Waals surface area contributed by atoms with Gasteiger partial charge in [-0.05, 0) is 36.2 Å². The molecule has 0 aromatic heterocycles. The van der Waals surface area contributed by atoms with Crippen LogP contribution in [0.3, 0.4) is 0 Å². The Hall–Kier alpha value is -3.41. The minimum Gasteiger partial charge on any atom is -0.446 e. The summed E-state index contributed by atoms with van der Waals surface area (Å²) >= 11 is 6.53. The quantitative estimate of drug-likeness (QED) is 0.389. The lowest BCUT2D eigenvalue weighted by atomic mass is 10.0. The number of nitrogens with one attached hydrogen (secondary N) is 1. The highest BCUT2D eigenvalue weighted by Gasteiger charge is 2.45. The van der Waals surface area contributed by atoms with Gasteiger partial charge in [-0.2, -0.15) is 17.9 Å². The summed E-state index contributed by atoms with van der Waals surface area (Å²) in [6.07, 6.45) is -5.73. The fourth-order valence-corrected chi connectivity index (χ4v) is 5.59. The summed E-state index contributed by atoms with van der Waals surface area (Å²) in [6, 6.07) is 15.3. The molecule has 0 aliphatic carbocycles. The Balaban J connectivity index is 1.76. The van der Waals surface area contributed by atoms with Crippen molar-refractivity contribution in [3.05, 3.63) is 101 Å². The maximum Gasteiger partial charge on any atom is 0.417 e. The lowest BCUT2D eigenvalue weighted by molar-refractivity contribution is -0.137. The third-order valence-electron chi connectivity index (χ3n) is 6.00. The average molecular weight is 567 g/mol. The number of sulfonamides is 1. The molecule has 1 aliphatic heterocycles. The zero-order valence-corrected chi connectivity index (χ0v) is 21.4. The van der Waals surface area contributed by atoms with Gasteiger partial charge in [0.1, 0.15) is 18.7 Å². The fraction of sp³-hybridized carbons (Fsp3) is 0.231. The molecular weight excluding hydrogens is 545 g/mol. The predicted octanol–water partition coefficient (Wildman–Crippen LogP) is 5.36. The van der Waals surface area contributed by atoms with E-state index in [0.717, 1.165) is 28.7 Å². The van der Waals surface area contributed by atoms with E-state index in [2.05, 4.69) is 4.72 Å². The fourth-order valence-electron chi connectivity index (χ4n) is 4.00. The van der Waals surface area contributed by atoms with Crippen molar-refractivity contribution < 1.29 is 35.9 Å². The molecule has 3 aromatic carbocycles. The number of cyclic esters (lactones) is 1. The van der Waals surface area contributed by atoms with Crippen LogP contribution in [-0.4, -0.2) is 38.0 Å². The van der Waals surface area contributed by atoms with Crippen molar-refractivity contribution in [3.8, 4) is 0 Å². The van der Waals surface area contributed by atoms with Crippen LogP contribution in [0.4, 0.5) is 18.0 Å². The number of carbonyl (C=O) groups excluding carboxylic acids is 2. The summed E-state index contributed by atoms with van der Waals surface area (Å²) in [4.78, 5) is 27.0. The summed E-state index contributed by atoms with van der Waals surface area (Å²) in [5, 5.41) is -1.62. The number of halogens is 4. The molecule has 12 heteroatoms. The molecule has 1 saturated heterocycles. The number of carbonyl (C=O) groups is 2. The van der Waals surface area contributed by atoms with Gasteiger partial charge in [0.05, 0.1) is 15.8 Å². The Morgan fingerprint density at radius 1 is 1.05 bits per heavy atom. The summed E-state index contributed by atoms with van der Waals surface area (Å²) in [5.74, 6) is -1.07. The molecule has 1 fully saturated rings. The number of rotatable bonds is 7. The SMILES string of the molecule is Cc1ccc(S(=O)(=O)N[C@H](C(=O)N2C(=O)OC[C@@H]2c2ccccc2)[C@@H](Cl)c2cccc(C(F)(F)F)c2)cc1. The summed E-state index contributed by atoms with van der Waals surface area (Å²) < 4.78 is 73.8. The smallest absolute Gasteiger partial charge is 0.417 e. The molecule has 4 rings (SSSR count). The maximum atomic E-state index is 13.8. The van der Waals surface area contributed by atoms with Gasteiger partial charge in [-0.25, -0.2) is 18.1 Å². The lowest BCUT2D eigenvalue weighted by Gasteiger charge is -2.28. The van der Waals surface area contributed by atoms with Crippen LogP contribution in [0.5, 0.6) is 0 Å². The summed E-state index contributed by atoms with van der Waals surface area (Å²) in [5.41, 5.74) is 0.115. The largest absolute Gasteiger partial charge is 0.446 e. The van der Waals surface area contributed by atoms with Gasteiger partial charge in [0.15, 0.2) is 0 Å². The second kappa shape index (κ2) is 10.8. The highest BCUT2D eigenvalue weighted by molar-refractivity contribution is 7.89. The van der Waals surface area contributed by atoms with E-state index in [-0.39, 0.29) is 17.1 Å². The molecule has 7 nitrogen and oxygen atoms in total. The number of imide groups is 1. The molecule has 3 aromatic rings. The van der Waals surface area contributed by atoms with E-state index in [1.54, 1.807) is 49.4 Å². The number of hydrogen-bond donors (Lipinski definition) is 1. The predicted molar refractivity (Wildman–Crippen MR) is 133 cm³/mol. The van der Waals surface area contributed by atoms with Crippen molar-refractivity contribution >= 4 is 33.6 Å². The van der Waals surface area contributed by atoms with Crippen LogP contribution in [0.15, 0.2) is 83.8 Å². The number of alkyl halides is 4. The molecule has 0 saturated carbocycles. The van der Waals surface area contributed by atoms with Crippen LogP contribution >= 0.6 is 11.6 Å². The number of hydrogen-bond acceptors (Lipinski definition) is 5. The van der Waals surface area contributed by atoms with E-state index >= 15 is 0 Å². The van der Waals surface area contributed by atoms with Crippen molar-refractivity contribution in [1.29, 1.82) is 0 Å². The Morgan fingerprint density at radius 2 is 1.71 bits per heavy atom. The van der Waals surface area contributed by atoms with Crippen molar-refractivity contribution in [1.82, 2.24) is 9.62 Å². The molecule has 0 unspecified atom stereocenters. The van der Waals surface area contributed by atoms with Crippen LogP contribution in [0, 0.1) is 6.92 Å². The molecule has 38 heavy (non-hydrogen) atoms. The molecule has 0 radical (unpaired) electrons. The van der Waals surface area contributed by atoms with Crippen molar-refractivity contribution in [2.24, 2.45) is 0 Å². The number of ether oxygens (including phenoxy) is 1. The van der Waals surface area contributed by atoms with Gasteiger partial charge in [0, 0.05) is 0 Å². The van der Waals surface area contributed by atoms with Gasteiger partial charge in [-0.3, -0.25) is 4.79 Å². The van der Waals surface area contributed by atoms with E-state index in [0.29, 0.717) is 5.56 Å². The van der Waals surface area contributed by atoms with E-state index in [9.17, 15) is 31.2 Å². The van der Waals surface area contributed by atoms with Gasteiger partial charge < -0.3 is 4.74 Å². The Morgan fingerprint density at radius 3 is 2.34 bits per heavy atom. The van der Waals surface area contributed by atoms with E-state index < -0.39 is 51.2 Å². The van der Waals surface area contributed by atoms with Gasteiger partial charge in [0.2, 0.25) is 10.0 Å². The first-order valence-corrected chi connectivity index (χ1v) is 13.3. The molecule has 0 bridgehead atoms. The van der Waals surface area contributed by atoms with Gasteiger partial charge in [0.25, 0.3) is 5.91 Å².